The molecular weight excluding hydrogens is 488 g/mol. The van der Waals surface area contributed by atoms with Gasteiger partial charge in [0.25, 0.3) is 5.91 Å². The number of aryl methyl sites for hydroxylation is 1. The molecular formula is C27H28F4N4O2. The average molecular weight is 517 g/mol. The van der Waals surface area contributed by atoms with Gasteiger partial charge in [0.2, 0.25) is 0 Å². The van der Waals surface area contributed by atoms with Gasteiger partial charge in [-0.05, 0) is 60.6 Å². The fraction of sp³-hybridized carbons (Fsp3) is 0.444. The number of carbonyl (C=O) groups excluding carboxylic acids is 1. The van der Waals surface area contributed by atoms with Crippen molar-refractivity contribution in [2.45, 2.75) is 56.8 Å². The van der Waals surface area contributed by atoms with Crippen LogP contribution in [0.3, 0.4) is 0 Å². The van der Waals surface area contributed by atoms with E-state index in [1.165, 1.54) is 19.2 Å². The van der Waals surface area contributed by atoms with Crippen LogP contribution in [0.2, 0.25) is 0 Å². The number of likely N-dealkylation sites (tertiary alicyclic amines) is 1. The minimum atomic E-state index is -4.47. The Kier molecular flexibility index (Phi) is 6.45. The molecule has 2 aromatic carbocycles. The van der Waals surface area contributed by atoms with Crippen LogP contribution in [0.25, 0.3) is 11.4 Å². The van der Waals surface area contributed by atoms with Gasteiger partial charge in [-0.2, -0.15) is 13.2 Å². The molecule has 5 rings (SSSR count). The van der Waals surface area contributed by atoms with Crippen molar-refractivity contribution in [1.29, 1.82) is 0 Å². The lowest BCUT2D eigenvalue weighted by Gasteiger charge is -2.37. The lowest BCUT2D eigenvalue weighted by molar-refractivity contribution is -0.137. The quantitative estimate of drug-likeness (QED) is 0.412. The summed E-state index contributed by atoms with van der Waals surface area (Å²) in [7, 11) is 1.49. The Bertz CT molecular complexity index is 1290. The molecule has 1 N–H and O–H groups in total. The molecule has 1 saturated carbocycles. The van der Waals surface area contributed by atoms with E-state index >= 15 is 4.39 Å². The second-order valence-corrected chi connectivity index (χ2v) is 9.90. The monoisotopic (exact) mass is 516 g/mol. The number of alkyl halides is 4. The molecule has 2 aliphatic rings. The summed E-state index contributed by atoms with van der Waals surface area (Å²) in [5.41, 5.74) is 0.866. The number of nitrogens with zero attached hydrogens (tertiary/aromatic N) is 3. The zero-order chi connectivity index (χ0) is 26.4. The molecule has 1 amide bonds. The molecule has 196 valence electrons. The number of methoxy groups -OCH3 is 1. The number of halogens is 4. The summed E-state index contributed by atoms with van der Waals surface area (Å²) in [5, 5.41) is 8.18. The topological polar surface area (TPSA) is 71.1 Å². The molecule has 0 atom stereocenters. The maximum Gasteiger partial charge on any atom is 0.416 e. The number of aromatic amines is 1. The van der Waals surface area contributed by atoms with Gasteiger partial charge in [-0.1, -0.05) is 29.7 Å². The van der Waals surface area contributed by atoms with E-state index in [-0.39, 0.29) is 43.4 Å². The second kappa shape index (κ2) is 9.46. The highest BCUT2D eigenvalue weighted by Crippen LogP contribution is 2.43. The largest absolute Gasteiger partial charge is 0.467 e. The van der Waals surface area contributed by atoms with Crippen molar-refractivity contribution in [3.05, 3.63) is 64.2 Å². The summed E-state index contributed by atoms with van der Waals surface area (Å²) in [6.07, 6.45) is -1.16. The van der Waals surface area contributed by atoms with Crippen molar-refractivity contribution in [1.82, 2.24) is 20.1 Å². The van der Waals surface area contributed by atoms with Crippen LogP contribution in [0, 0.1) is 6.92 Å². The van der Waals surface area contributed by atoms with Gasteiger partial charge in [0.15, 0.2) is 5.82 Å². The third-order valence-electron chi connectivity index (χ3n) is 7.66. The first kappa shape index (κ1) is 25.2. The van der Waals surface area contributed by atoms with Crippen LogP contribution in [-0.2, 0) is 11.8 Å². The molecule has 0 bridgehead atoms. The van der Waals surface area contributed by atoms with Crippen molar-refractivity contribution >= 4 is 5.91 Å². The van der Waals surface area contributed by atoms with Gasteiger partial charge in [-0.25, -0.2) is 4.39 Å². The zero-order valence-electron chi connectivity index (χ0n) is 20.7. The van der Waals surface area contributed by atoms with Crippen LogP contribution in [0.4, 0.5) is 17.6 Å². The molecule has 1 aromatic heterocycles. The average Bonchev–Trinajstić information content (AvgIpc) is 3.32. The van der Waals surface area contributed by atoms with Crippen LogP contribution in [0.15, 0.2) is 36.4 Å². The molecule has 1 saturated heterocycles. The van der Waals surface area contributed by atoms with Gasteiger partial charge < -0.3 is 9.64 Å². The highest BCUT2D eigenvalue weighted by Gasteiger charge is 2.39. The molecule has 37 heavy (non-hydrogen) atoms. The van der Waals surface area contributed by atoms with Gasteiger partial charge in [-0.15, -0.1) is 5.10 Å². The molecule has 2 heterocycles. The Morgan fingerprint density at radius 2 is 1.78 bits per heavy atom. The van der Waals surface area contributed by atoms with Gasteiger partial charge in [0, 0.05) is 37.1 Å². The number of benzene rings is 2. The van der Waals surface area contributed by atoms with Gasteiger partial charge in [-0.3, -0.25) is 9.78 Å². The number of piperidine rings is 1. The SMILES string of the molecule is COc1nnc(-c2cc(C(=O)N3CCC(F)(c4ccc(C(F)(F)F)cc4)CC3)c(C)cc2C2CCC2)[nH]1. The lowest BCUT2D eigenvalue weighted by atomic mass is 9.77. The first-order valence-electron chi connectivity index (χ1n) is 12.4. The molecule has 0 radical (unpaired) electrons. The van der Waals surface area contributed by atoms with E-state index in [2.05, 4.69) is 15.2 Å². The number of nitrogens with one attached hydrogen (secondary N) is 1. The first-order chi connectivity index (χ1) is 17.6. The third kappa shape index (κ3) is 4.81. The fourth-order valence-electron chi connectivity index (χ4n) is 5.16. The molecule has 2 fully saturated rings. The normalized spacial score (nSPS) is 17.9. The van der Waals surface area contributed by atoms with E-state index in [4.69, 9.17) is 4.74 Å². The third-order valence-corrected chi connectivity index (χ3v) is 7.66. The summed E-state index contributed by atoms with van der Waals surface area (Å²) >= 11 is 0. The van der Waals surface area contributed by atoms with Gasteiger partial charge in [0.05, 0.1) is 12.7 Å². The Labute approximate surface area is 212 Å². The van der Waals surface area contributed by atoms with E-state index in [1.807, 2.05) is 19.1 Å². The highest BCUT2D eigenvalue weighted by atomic mass is 19.4. The van der Waals surface area contributed by atoms with Gasteiger partial charge >= 0.3 is 12.2 Å². The predicted octanol–water partition coefficient (Wildman–Crippen LogP) is 6.18. The van der Waals surface area contributed by atoms with Crippen molar-refractivity contribution in [3.8, 4) is 17.4 Å². The molecule has 1 aliphatic carbocycles. The molecule has 1 aliphatic heterocycles. The fourth-order valence-corrected chi connectivity index (χ4v) is 5.16. The number of H-pyrrole nitrogens is 1. The van der Waals surface area contributed by atoms with E-state index < -0.39 is 17.4 Å². The van der Waals surface area contributed by atoms with Crippen molar-refractivity contribution in [2.75, 3.05) is 20.2 Å². The van der Waals surface area contributed by atoms with Crippen LogP contribution in [0.1, 0.15) is 70.6 Å². The van der Waals surface area contributed by atoms with Crippen LogP contribution >= 0.6 is 0 Å². The Hall–Kier alpha value is -3.43. The predicted molar refractivity (Wildman–Crippen MR) is 129 cm³/mol. The zero-order valence-corrected chi connectivity index (χ0v) is 20.7. The number of carbonyl (C=O) groups is 1. The molecule has 10 heteroatoms. The number of hydrogen-bond donors (Lipinski definition) is 1. The maximum atomic E-state index is 15.7. The van der Waals surface area contributed by atoms with Crippen molar-refractivity contribution in [3.63, 3.8) is 0 Å². The summed E-state index contributed by atoms with van der Waals surface area (Å²) < 4.78 is 59.5. The Morgan fingerprint density at radius 1 is 1.11 bits per heavy atom. The molecule has 6 nitrogen and oxygen atoms in total. The Balaban J connectivity index is 1.37. The minimum Gasteiger partial charge on any atom is -0.467 e. The lowest BCUT2D eigenvalue weighted by Crippen LogP contribution is -2.43. The first-order valence-corrected chi connectivity index (χ1v) is 12.4. The number of hydrogen-bond acceptors (Lipinski definition) is 4. The molecule has 3 aromatic rings. The standard InChI is InChI=1S/C27H28F4N4O2/c1-16-14-21(17-4-3-5-17)22(23-32-25(37-2)34-33-23)15-20(16)24(36)35-12-10-26(28,11-13-35)18-6-8-19(9-7-18)27(29,30)31/h6-9,14-15,17H,3-5,10-13H2,1-2H3,(H,32,33,34). The molecule has 0 spiro atoms. The summed E-state index contributed by atoms with van der Waals surface area (Å²) in [6.45, 7) is 2.21. The summed E-state index contributed by atoms with van der Waals surface area (Å²) in [6, 6.07) is 8.35. The van der Waals surface area contributed by atoms with Crippen molar-refractivity contribution in [2.24, 2.45) is 0 Å². The smallest absolute Gasteiger partial charge is 0.416 e. The Morgan fingerprint density at radius 3 is 2.32 bits per heavy atom. The number of rotatable bonds is 5. The van der Waals surface area contributed by atoms with E-state index in [9.17, 15) is 18.0 Å². The van der Waals surface area contributed by atoms with Crippen molar-refractivity contribution < 1.29 is 27.1 Å². The van der Waals surface area contributed by atoms with E-state index in [0.29, 0.717) is 17.3 Å². The van der Waals surface area contributed by atoms with Gasteiger partial charge in [0.1, 0.15) is 5.67 Å². The summed E-state index contributed by atoms with van der Waals surface area (Å²) in [5.74, 6) is 0.705. The number of aromatic nitrogens is 3. The van der Waals surface area contributed by atoms with E-state index in [1.54, 1.807) is 4.90 Å². The van der Waals surface area contributed by atoms with E-state index in [0.717, 1.165) is 48.1 Å². The van der Waals surface area contributed by atoms with Crippen LogP contribution in [-0.4, -0.2) is 46.2 Å². The van der Waals surface area contributed by atoms with Crippen LogP contribution < -0.4 is 4.74 Å². The number of amides is 1. The number of ether oxygens (including phenoxy) is 1. The molecule has 0 unspecified atom stereocenters. The highest BCUT2D eigenvalue weighted by molar-refractivity contribution is 5.97. The maximum absolute atomic E-state index is 15.7. The minimum absolute atomic E-state index is 0.00939. The second-order valence-electron chi connectivity index (χ2n) is 9.90. The van der Waals surface area contributed by atoms with Crippen LogP contribution in [0.5, 0.6) is 6.01 Å². The summed E-state index contributed by atoms with van der Waals surface area (Å²) in [4.78, 5) is 18.2.